The second kappa shape index (κ2) is 10.7. The summed E-state index contributed by atoms with van der Waals surface area (Å²) in [5.41, 5.74) is 0.521. The number of piperazine rings is 1. The van der Waals surface area contributed by atoms with E-state index in [2.05, 4.69) is 5.32 Å². The number of amides is 4. The van der Waals surface area contributed by atoms with E-state index in [0.29, 0.717) is 12.1 Å². The maximum Gasteiger partial charge on any atom is 0.526 e. The molecule has 4 amide bonds. The number of imide groups is 1. The molecule has 0 aromatic heterocycles. The van der Waals surface area contributed by atoms with E-state index in [1.165, 1.54) is 11.0 Å². The number of nitrogens with one attached hydrogen (secondary N) is 1. The average Bonchev–Trinajstić information content (AvgIpc) is 3.38. The first-order valence-corrected chi connectivity index (χ1v) is 12.3. The van der Waals surface area contributed by atoms with E-state index in [1.54, 1.807) is 19.1 Å². The van der Waals surface area contributed by atoms with Gasteiger partial charge in [-0.15, -0.1) is 0 Å². The maximum absolute atomic E-state index is 13.4. The van der Waals surface area contributed by atoms with Gasteiger partial charge in [0.25, 0.3) is 0 Å². The zero-order valence-electron chi connectivity index (χ0n) is 20.1. The summed E-state index contributed by atoms with van der Waals surface area (Å²) in [5, 5.41) is 22.7. The molecule has 0 spiro atoms. The highest BCUT2D eigenvalue weighted by Crippen LogP contribution is 2.37. The molecule has 12 heteroatoms. The zero-order chi connectivity index (χ0) is 26.0. The Morgan fingerprint density at radius 3 is 2.56 bits per heavy atom. The van der Waals surface area contributed by atoms with Crippen molar-refractivity contribution >= 4 is 36.7 Å². The number of fused-ring (bicyclic) bond motifs is 1. The topological polar surface area (TPSA) is 154 Å². The van der Waals surface area contributed by atoms with Crippen LogP contribution in [0, 0.1) is 5.92 Å². The molecule has 2 aliphatic heterocycles. The highest BCUT2D eigenvalue weighted by molar-refractivity contribution is 6.47. The summed E-state index contributed by atoms with van der Waals surface area (Å²) in [6.45, 7) is 2.40. The summed E-state index contributed by atoms with van der Waals surface area (Å²) in [5.74, 6) is -3.79. The predicted octanol–water partition coefficient (Wildman–Crippen LogP) is 1.09. The van der Waals surface area contributed by atoms with Crippen molar-refractivity contribution in [3.8, 4) is 5.75 Å². The molecule has 1 aliphatic carbocycles. The van der Waals surface area contributed by atoms with Crippen LogP contribution in [0.2, 0.25) is 5.82 Å². The number of hydrogen-bond donors (Lipinski definition) is 3. The van der Waals surface area contributed by atoms with Crippen LogP contribution in [0.15, 0.2) is 18.2 Å². The quantitative estimate of drug-likeness (QED) is 0.372. The first-order chi connectivity index (χ1) is 17.2. The van der Waals surface area contributed by atoms with Gasteiger partial charge in [-0.05, 0) is 43.7 Å². The fraction of sp³-hybridized carbons (Fsp3) is 0.542. The van der Waals surface area contributed by atoms with Crippen LogP contribution in [0.5, 0.6) is 5.75 Å². The molecule has 0 unspecified atom stereocenters. The Balaban J connectivity index is 1.47. The Bertz CT molecular complexity index is 1070. The van der Waals surface area contributed by atoms with E-state index in [1.807, 2.05) is 0 Å². The smallest absolute Gasteiger partial charge is 0.526 e. The third-order valence-electron chi connectivity index (χ3n) is 7.35. The van der Waals surface area contributed by atoms with Crippen LogP contribution in [-0.2, 0) is 20.8 Å². The number of ketones is 1. The molecule has 1 saturated heterocycles. The van der Waals surface area contributed by atoms with Crippen LogP contribution < -0.4 is 9.97 Å². The van der Waals surface area contributed by atoms with E-state index in [-0.39, 0.29) is 48.9 Å². The zero-order valence-corrected chi connectivity index (χ0v) is 20.1. The molecule has 2 atom stereocenters. The predicted molar refractivity (Wildman–Crippen MR) is 127 cm³/mol. The van der Waals surface area contributed by atoms with E-state index >= 15 is 0 Å². The molecule has 1 aromatic rings. The number of nitrogens with zero attached hydrogens (tertiary/aromatic N) is 2. The number of rotatable bonds is 7. The first-order valence-electron chi connectivity index (χ1n) is 12.3. The lowest BCUT2D eigenvalue weighted by Crippen LogP contribution is -2.60. The Morgan fingerprint density at radius 1 is 1.17 bits per heavy atom. The normalized spacial score (nSPS) is 21.2. The van der Waals surface area contributed by atoms with Crippen molar-refractivity contribution in [1.82, 2.24) is 15.1 Å². The van der Waals surface area contributed by atoms with Crippen LogP contribution in [0.25, 0.3) is 0 Å². The van der Waals surface area contributed by atoms with Crippen molar-refractivity contribution in [3.05, 3.63) is 29.3 Å². The van der Waals surface area contributed by atoms with Gasteiger partial charge in [-0.1, -0.05) is 25.0 Å². The monoisotopic (exact) mass is 499 g/mol. The molecule has 2 heterocycles. The minimum atomic E-state index is -1.39. The van der Waals surface area contributed by atoms with Crippen molar-refractivity contribution < 1.29 is 38.8 Å². The number of aromatic carboxylic acids is 1. The lowest BCUT2D eigenvalue weighted by Gasteiger charge is -2.34. The third-order valence-corrected chi connectivity index (χ3v) is 7.35. The van der Waals surface area contributed by atoms with Gasteiger partial charge >= 0.3 is 30.9 Å². The molecule has 1 aromatic carbocycles. The maximum atomic E-state index is 13.4. The first kappa shape index (κ1) is 25.7. The number of carboxylic acids is 1. The van der Waals surface area contributed by atoms with Crippen molar-refractivity contribution in [2.45, 2.75) is 57.3 Å². The Labute approximate surface area is 208 Å². The Kier molecular flexibility index (Phi) is 7.63. The number of carbonyl (C=O) groups excluding carboxylic acids is 4. The molecule has 2 fully saturated rings. The Morgan fingerprint density at radius 2 is 1.89 bits per heavy atom. The van der Waals surface area contributed by atoms with Crippen LogP contribution in [0.1, 0.15) is 54.9 Å². The van der Waals surface area contributed by atoms with Gasteiger partial charge in [-0.3, -0.25) is 19.3 Å². The number of para-hydroxylation sites is 1. The van der Waals surface area contributed by atoms with E-state index in [4.69, 9.17) is 4.65 Å². The summed E-state index contributed by atoms with van der Waals surface area (Å²) in [7, 11) is -1.39. The van der Waals surface area contributed by atoms with Crippen molar-refractivity contribution in [3.63, 3.8) is 0 Å². The summed E-state index contributed by atoms with van der Waals surface area (Å²) in [6, 6.07) is 3.02. The molecule has 4 rings (SSSR count). The minimum absolute atomic E-state index is 0.0493. The minimum Gasteiger partial charge on any atom is -0.535 e. The van der Waals surface area contributed by atoms with Gasteiger partial charge in [0.1, 0.15) is 5.75 Å². The summed E-state index contributed by atoms with van der Waals surface area (Å²) in [6.07, 6.45) is 3.44. The number of urea groups is 1. The van der Waals surface area contributed by atoms with Gasteiger partial charge in [0.2, 0.25) is 0 Å². The van der Waals surface area contributed by atoms with E-state index in [0.717, 1.165) is 30.6 Å². The highest BCUT2D eigenvalue weighted by Gasteiger charge is 2.42. The van der Waals surface area contributed by atoms with Gasteiger partial charge in [0.05, 0.1) is 11.6 Å². The Hall–Kier alpha value is -3.41. The number of carbonyl (C=O) groups is 5. The van der Waals surface area contributed by atoms with Gasteiger partial charge in [0.15, 0.2) is 5.78 Å². The number of hydrogen-bond acceptors (Lipinski definition) is 7. The van der Waals surface area contributed by atoms with Gasteiger partial charge < -0.3 is 25.0 Å². The van der Waals surface area contributed by atoms with Crippen molar-refractivity contribution in [1.29, 1.82) is 0 Å². The lowest BCUT2D eigenvalue weighted by molar-refractivity contribution is -0.153. The summed E-state index contributed by atoms with van der Waals surface area (Å²) in [4.78, 5) is 64.8. The number of Topliss-reactive ketones (excluding diaryl/α,β-unsaturated/α-hetero) is 1. The fourth-order valence-corrected chi connectivity index (χ4v) is 5.34. The molecule has 0 bridgehead atoms. The summed E-state index contributed by atoms with van der Waals surface area (Å²) >= 11 is 0. The van der Waals surface area contributed by atoms with E-state index in [9.17, 15) is 34.1 Å². The van der Waals surface area contributed by atoms with Crippen LogP contribution in [0.4, 0.5) is 4.79 Å². The molecule has 1 saturated carbocycles. The van der Waals surface area contributed by atoms with Crippen molar-refractivity contribution in [2.75, 3.05) is 19.6 Å². The number of likely N-dealkylation sites (N-methyl/N-ethyl adjacent to an activating group) is 1. The average molecular weight is 499 g/mol. The van der Waals surface area contributed by atoms with Crippen LogP contribution in [0.3, 0.4) is 0 Å². The standard InChI is InChI=1S/C24H30BN3O8/c1-2-27-10-11-28(22(31)21(27)30)24(34)26-19(14-6-3-4-7-14)18(29)13-16-12-15-8-5-9-17(23(32)33)20(15)36-25(16)35/h5,8-9,14,16,19,35H,2-4,6-7,10-13H2,1H3,(H,26,34)(H,32,33)/t16-,19-/m1/s1. The SMILES string of the molecule is CCN1CCN(C(=O)N[C@@H](C(=O)C[C@H]2Cc3cccc(C(=O)O)c3OB2O)C2CCCC2)C(=O)C1=O. The molecule has 11 nitrogen and oxygen atoms in total. The molecular formula is C24H30BN3O8. The van der Waals surface area contributed by atoms with E-state index < -0.39 is 42.8 Å². The molecule has 36 heavy (non-hydrogen) atoms. The van der Waals surface area contributed by atoms with Crippen LogP contribution >= 0.6 is 0 Å². The number of benzene rings is 1. The van der Waals surface area contributed by atoms with Crippen molar-refractivity contribution in [2.24, 2.45) is 5.92 Å². The highest BCUT2D eigenvalue weighted by atomic mass is 16.5. The van der Waals surface area contributed by atoms with Crippen LogP contribution in [-0.4, -0.2) is 82.3 Å². The molecule has 192 valence electrons. The molecule has 3 N–H and O–H groups in total. The van der Waals surface area contributed by atoms with Gasteiger partial charge in [0, 0.05) is 31.9 Å². The van der Waals surface area contributed by atoms with Gasteiger partial charge in [-0.25, -0.2) is 9.59 Å². The molecular weight excluding hydrogens is 469 g/mol. The fourth-order valence-electron chi connectivity index (χ4n) is 5.34. The largest absolute Gasteiger partial charge is 0.535 e. The second-order valence-corrected chi connectivity index (χ2v) is 9.56. The second-order valence-electron chi connectivity index (χ2n) is 9.56. The van der Waals surface area contributed by atoms with Gasteiger partial charge in [-0.2, -0.15) is 0 Å². The molecule has 3 aliphatic rings. The molecule has 0 radical (unpaired) electrons. The number of carboxylic acid groups (broad SMARTS) is 1. The lowest BCUT2D eigenvalue weighted by atomic mass is 9.64. The third kappa shape index (κ3) is 5.08. The summed E-state index contributed by atoms with van der Waals surface area (Å²) < 4.78 is 5.51.